The molecule has 7 heteroatoms. The van der Waals surface area contributed by atoms with Crippen molar-refractivity contribution in [1.82, 2.24) is 5.06 Å². The van der Waals surface area contributed by atoms with Crippen LogP contribution < -0.4 is 0 Å². The maximum atomic E-state index is 13.5. The quantitative estimate of drug-likeness (QED) is 0.430. The fourth-order valence-corrected chi connectivity index (χ4v) is 2.15. The standard InChI is InChI=1S/C17H28F3NO3/c1-11(10-24-12-7-8-12)13(15(22)21(5)23-6)9-14(16(2,3)4)17(18,19)20/h9,12,15,22H,7-8,10H2,1-6H3. The predicted octanol–water partition coefficient (Wildman–Crippen LogP) is 3.83. The summed E-state index contributed by atoms with van der Waals surface area (Å²) in [6.07, 6.45) is -2.69. The van der Waals surface area contributed by atoms with Gasteiger partial charge in [-0.05, 0) is 42.4 Å². The van der Waals surface area contributed by atoms with E-state index in [-0.39, 0.29) is 18.3 Å². The van der Waals surface area contributed by atoms with Gasteiger partial charge in [-0.2, -0.15) is 18.2 Å². The minimum atomic E-state index is -4.49. The molecule has 24 heavy (non-hydrogen) atoms. The number of likely N-dealkylation sites (N-methyl/N-ethyl adjacent to an activating group) is 1. The maximum absolute atomic E-state index is 13.5. The molecule has 1 N–H and O–H groups in total. The van der Waals surface area contributed by atoms with E-state index in [2.05, 4.69) is 0 Å². The highest BCUT2D eigenvalue weighted by Crippen LogP contribution is 2.40. The Labute approximate surface area is 141 Å². The van der Waals surface area contributed by atoms with Crippen LogP contribution in [0.4, 0.5) is 13.2 Å². The number of alkyl halides is 3. The molecule has 0 spiro atoms. The Bertz CT molecular complexity index is 472. The highest BCUT2D eigenvalue weighted by Gasteiger charge is 2.41. The number of ether oxygens (including phenoxy) is 1. The molecule has 1 atom stereocenters. The SMILES string of the molecule is CON(C)C(O)C(C=C(C(C)(C)C)C(F)(F)F)=C(C)COC1CC1. The number of aliphatic hydroxyl groups excluding tert-OH is 1. The maximum Gasteiger partial charge on any atom is 0.413 e. The lowest BCUT2D eigenvalue weighted by Gasteiger charge is -2.29. The third-order valence-corrected chi connectivity index (χ3v) is 3.88. The van der Waals surface area contributed by atoms with Crippen molar-refractivity contribution in [1.29, 1.82) is 0 Å². The van der Waals surface area contributed by atoms with Crippen molar-refractivity contribution in [3.05, 3.63) is 22.8 Å². The Balaban J connectivity index is 3.27. The largest absolute Gasteiger partial charge is 0.413 e. The summed E-state index contributed by atoms with van der Waals surface area (Å²) >= 11 is 0. The van der Waals surface area contributed by atoms with Gasteiger partial charge in [0.1, 0.15) is 0 Å². The average molecular weight is 351 g/mol. The van der Waals surface area contributed by atoms with Crippen LogP contribution in [0.3, 0.4) is 0 Å². The van der Waals surface area contributed by atoms with Gasteiger partial charge in [0.25, 0.3) is 0 Å². The van der Waals surface area contributed by atoms with Gasteiger partial charge < -0.3 is 9.84 Å². The normalized spacial score (nSPS) is 19.5. The van der Waals surface area contributed by atoms with Gasteiger partial charge in [0.2, 0.25) is 0 Å². The topological polar surface area (TPSA) is 41.9 Å². The molecule has 0 aromatic rings. The van der Waals surface area contributed by atoms with E-state index in [1.165, 1.54) is 34.9 Å². The van der Waals surface area contributed by atoms with Crippen LogP contribution in [0.25, 0.3) is 0 Å². The highest BCUT2D eigenvalue weighted by molar-refractivity contribution is 5.35. The van der Waals surface area contributed by atoms with Crippen LogP contribution in [0, 0.1) is 5.41 Å². The molecule has 0 radical (unpaired) electrons. The Morgan fingerprint density at radius 3 is 2.21 bits per heavy atom. The Morgan fingerprint density at radius 1 is 1.29 bits per heavy atom. The number of rotatable bonds is 7. The first-order valence-corrected chi connectivity index (χ1v) is 7.93. The van der Waals surface area contributed by atoms with E-state index < -0.39 is 23.4 Å². The van der Waals surface area contributed by atoms with Crippen LogP contribution in [0.15, 0.2) is 22.8 Å². The van der Waals surface area contributed by atoms with Crippen molar-refractivity contribution in [2.45, 2.75) is 59.0 Å². The zero-order chi connectivity index (χ0) is 18.7. The third kappa shape index (κ3) is 6.20. The zero-order valence-electron chi connectivity index (χ0n) is 15.2. The number of nitrogens with zero attached hydrogens (tertiary/aromatic N) is 1. The summed E-state index contributed by atoms with van der Waals surface area (Å²) in [5.74, 6) is 0. The lowest BCUT2D eigenvalue weighted by atomic mass is 9.84. The van der Waals surface area contributed by atoms with Crippen LogP contribution in [0.2, 0.25) is 0 Å². The second-order valence-corrected chi connectivity index (χ2v) is 7.15. The van der Waals surface area contributed by atoms with E-state index >= 15 is 0 Å². The van der Waals surface area contributed by atoms with E-state index in [9.17, 15) is 18.3 Å². The third-order valence-electron chi connectivity index (χ3n) is 3.88. The van der Waals surface area contributed by atoms with Crippen LogP contribution in [-0.4, -0.2) is 49.4 Å². The summed E-state index contributed by atoms with van der Waals surface area (Å²) in [5.41, 5.74) is -1.14. The molecule has 0 aliphatic heterocycles. The molecule has 0 amide bonds. The first kappa shape index (κ1) is 21.2. The van der Waals surface area contributed by atoms with Crippen molar-refractivity contribution in [3.8, 4) is 0 Å². The predicted molar refractivity (Wildman–Crippen MR) is 86.0 cm³/mol. The zero-order valence-corrected chi connectivity index (χ0v) is 15.2. The minimum Gasteiger partial charge on any atom is -0.374 e. The van der Waals surface area contributed by atoms with Gasteiger partial charge in [0.05, 0.1) is 19.8 Å². The summed E-state index contributed by atoms with van der Waals surface area (Å²) in [5, 5.41) is 11.5. The number of hydroxylamine groups is 2. The average Bonchev–Trinajstić information content (AvgIpc) is 3.25. The van der Waals surface area contributed by atoms with Gasteiger partial charge in [-0.3, -0.25) is 4.84 Å². The first-order valence-electron chi connectivity index (χ1n) is 7.93. The molecule has 0 bridgehead atoms. The van der Waals surface area contributed by atoms with Crippen LogP contribution >= 0.6 is 0 Å². The minimum absolute atomic E-state index is 0.141. The Morgan fingerprint density at radius 2 is 1.83 bits per heavy atom. The van der Waals surface area contributed by atoms with Gasteiger partial charge in [0.15, 0.2) is 6.23 Å². The molecule has 1 aliphatic rings. The van der Waals surface area contributed by atoms with Crippen molar-refractivity contribution in [2.75, 3.05) is 20.8 Å². The molecular weight excluding hydrogens is 323 g/mol. The Kier molecular flexibility index (Phi) is 7.04. The lowest BCUT2D eigenvalue weighted by Crippen LogP contribution is -2.34. The van der Waals surface area contributed by atoms with Gasteiger partial charge in [-0.1, -0.05) is 20.8 Å². The molecule has 4 nitrogen and oxygen atoms in total. The summed E-state index contributed by atoms with van der Waals surface area (Å²) in [6, 6.07) is 0. The summed E-state index contributed by atoms with van der Waals surface area (Å²) in [6.45, 7) is 6.32. The number of allylic oxidation sites excluding steroid dienone is 1. The smallest absolute Gasteiger partial charge is 0.374 e. The van der Waals surface area contributed by atoms with Gasteiger partial charge >= 0.3 is 6.18 Å². The molecular formula is C17H28F3NO3. The number of hydrogen-bond donors (Lipinski definition) is 1. The molecule has 1 fully saturated rings. The second kappa shape index (κ2) is 7.99. The second-order valence-electron chi connectivity index (χ2n) is 7.15. The van der Waals surface area contributed by atoms with Crippen LogP contribution in [0.5, 0.6) is 0 Å². The molecule has 0 saturated heterocycles. The molecule has 1 saturated carbocycles. The summed E-state index contributed by atoms with van der Waals surface area (Å²) in [7, 11) is 2.80. The van der Waals surface area contributed by atoms with Gasteiger partial charge in [-0.25, -0.2) is 0 Å². The van der Waals surface area contributed by atoms with Gasteiger partial charge in [-0.15, -0.1) is 0 Å². The molecule has 0 aromatic carbocycles. The summed E-state index contributed by atoms with van der Waals surface area (Å²) in [4.78, 5) is 4.93. The lowest BCUT2D eigenvalue weighted by molar-refractivity contribution is -0.188. The molecule has 1 aliphatic carbocycles. The highest BCUT2D eigenvalue weighted by atomic mass is 19.4. The monoisotopic (exact) mass is 351 g/mol. The molecule has 1 unspecified atom stereocenters. The fourth-order valence-electron chi connectivity index (χ4n) is 2.15. The van der Waals surface area contributed by atoms with E-state index in [1.807, 2.05) is 0 Å². The molecule has 140 valence electrons. The van der Waals surface area contributed by atoms with Crippen molar-refractivity contribution < 1.29 is 27.9 Å². The van der Waals surface area contributed by atoms with E-state index in [0.717, 1.165) is 24.0 Å². The van der Waals surface area contributed by atoms with E-state index in [0.29, 0.717) is 5.57 Å². The number of halogens is 3. The Hall–Kier alpha value is -0.890. The number of hydrogen-bond acceptors (Lipinski definition) is 4. The molecule has 0 heterocycles. The van der Waals surface area contributed by atoms with Gasteiger partial charge in [0, 0.05) is 12.6 Å². The summed E-state index contributed by atoms with van der Waals surface area (Å²) < 4.78 is 46.0. The van der Waals surface area contributed by atoms with Crippen molar-refractivity contribution >= 4 is 0 Å². The van der Waals surface area contributed by atoms with Crippen LogP contribution in [0.1, 0.15) is 40.5 Å². The van der Waals surface area contributed by atoms with E-state index in [1.54, 1.807) is 6.92 Å². The first-order chi connectivity index (χ1) is 10.9. The van der Waals surface area contributed by atoms with Crippen molar-refractivity contribution in [2.24, 2.45) is 5.41 Å². The van der Waals surface area contributed by atoms with Crippen LogP contribution in [-0.2, 0) is 9.57 Å². The fraction of sp³-hybridized carbons (Fsp3) is 0.765. The van der Waals surface area contributed by atoms with E-state index in [4.69, 9.17) is 9.57 Å². The molecule has 0 aromatic heterocycles. The number of aliphatic hydroxyl groups is 1. The molecule has 1 rings (SSSR count). The van der Waals surface area contributed by atoms with Crippen molar-refractivity contribution in [3.63, 3.8) is 0 Å².